The largest absolute Gasteiger partial charge is 0.354 e. The molecule has 1 aliphatic carbocycles. The van der Waals surface area contributed by atoms with Crippen LogP contribution < -0.4 is 5.32 Å². The third-order valence-electron chi connectivity index (χ3n) is 6.30. The number of nitrogens with one attached hydrogen (secondary N) is 1. The molecule has 1 aliphatic heterocycles. The molecule has 0 aromatic heterocycles. The molecule has 33 heavy (non-hydrogen) atoms. The van der Waals surface area contributed by atoms with Crippen molar-refractivity contribution >= 4 is 35.2 Å². The van der Waals surface area contributed by atoms with Gasteiger partial charge in [0.25, 0.3) is 0 Å². The van der Waals surface area contributed by atoms with Crippen LogP contribution in [0.3, 0.4) is 0 Å². The molecular weight excluding hydrogens is 442 g/mol. The third kappa shape index (κ3) is 5.82. The number of hydrogen-bond acceptors (Lipinski definition) is 4. The predicted molar refractivity (Wildman–Crippen MR) is 126 cm³/mol. The van der Waals surface area contributed by atoms with Crippen molar-refractivity contribution in [1.82, 2.24) is 15.1 Å². The summed E-state index contributed by atoms with van der Waals surface area (Å²) in [6.45, 7) is 6.35. The maximum absolute atomic E-state index is 13.3. The Balaban J connectivity index is 1.71. The predicted octanol–water partition coefficient (Wildman–Crippen LogP) is 3.17. The van der Waals surface area contributed by atoms with Gasteiger partial charge in [-0.15, -0.1) is 0 Å². The highest BCUT2D eigenvalue weighted by atomic mass is 35.5. The zero-order valence-electron chi connectivity index (χ0n) is 19.4. The van der Waals surface area contributed by atoms with Gasteiger partial charge in [0.15, 0.2) is 0 Å². The molecule has 0 spiro atoms. The normalized spacial score (nSPS) is 20.7. The van der Waals surface area contributed by atoms with Gasteiger partial charge in [0, 0.05) is 31.1 Å². The summed E-state index contributed by atoms with van der Waals surface area (Å²) in [5.74, 6) is -1.34. The number of hydrogen-bond donors (Lipinski definition) is 1. The molecule has 1 aromatic carbocycles. The van der Waals surface area contributed by atoms with Gasteiger partial charge in [-0.2, -0.15) is 0 Å². The van der Waals surface area contributed by atoms with Crippen LogP contribution >= 0.6 is 11.6 Å². The highest BCUT2D eigenvalue weighted by Gasteiger charge is 2.47. The zero-order chi connectivity index (χ0) is 24.1. The number of likely N-dealkylation sites (tertiary alicyclic amines) is 1. The number of rotatable bonds is 9. The van der Waals surface area contributed by atoms with Crippen LogP contribution in [0.25, 0.3) is 0 Å². The van der Waals surface area contributed by atoms with Gasteiger partial charge < -0.3 is 10.2 Å². The number of allylic oxidation sites excluding steroid dienone is 2. The molecule has 0 radical (unpaired) electrons. The molecule has 1 fully saturated rings. The van der Waals surface area contributed by atoms with Crippen LogP contribution in [0.5, 0.6) is 0 Å². The average Bonchev–Trinajstić information content (AvgIpc) is 3.04. The molecule has 1 N–H and O–H groups in total. The number of nitrogens with zero attached hydrogens (tertiary/aromatic N) is 2. The first-order valence-corrected chi connectivity index (χ1v) is 11.9. The summed E-state index contributed by atoms with van der Waals surface area (Å²) in [6, 6.07) is 6.44. The fourth-order valence-electron chi connectivity index (χ4n) is 4.29. The van der Waals surface area contributed by atoms with E-state index in [1.54, 1.807) is 19.1 Å². The quantitative estimate of drug-likeness (QED) is 0.441. The number of imide groups is 1. The Morgan fingerprint density at radius 2 is 1.70 bits per heavy atom. The van der Waals surface area contributed by atoms with Crippen LogP contribution in [0, 0.1) is 17.8 Å². The smallest absolute Gasteiger partial charge is 0.242 e. The first-order chi connectivity index (χ1) is 15.7. The lowest BCUT2D eigenvalue weighted by atomic mass is 9.85. The number of carbonyl (C=O) groups excluding carboxylic acids is 4. The van der Waals surface area contributed by atoms with E-state index in [0.29, 0.717) is 24.4 Å². The lowest BCUT2D eigenvalue weighted by Crippen LogP contribution is -2.49. The van der Waals surface area contributed by atoms with E-state index in [2.05, 4.69) is 5.32 Å². The number of halogens is 1. The van der Waals surface area contributed by atoms with Crippen molar-refractivity contribution in [2.24, 2.45) is 17.8 Å². The lowest BCUT2D eigenvalue weighted by Gasteiger charge is -2.30. The minimum absolute atomic E-state index is 0.0167. The summed E-state index contributed by atoms with van der Waals surface area (Å²) in [7, 11) is 0. The van der Waals surface area contributed by atoms with Crippen molar-refractivity contribution in [2.75, 3.05) is 13.1 Å². The van der Waals surface area contributed by atoms with Gasteiger partial charge >= 0.3 is 0 Å². The molecule has 2 aliphatic rings. The average molecular weight is 474 g/mol. The van der Waals surface area contributed by atoms with Crippen LogP contribution in [0.15, 0.2) is 36.4 Å². The number of fused-ring (bicyclic) bond motifs is 1. The molecule has 7 nitrogen and oxygen atoms in total. The summed E-state index contributed by atoms with van der Waals surface area (Å²) in [5.41, 5.74) is 0.724. The summed E-state index contributed by atoms with van der Waals surface area (Å²) >= 11 is 6.31. The van der Waals surface area contributed by atoms with E-state index in [-0.39, 0.29) is 60.9 Å². The molecule has 3 rings (SSSR count). The molecule has 4 amide bonds. The molecule has 1 aromatic rings. The topological polar surface area (TPSA) is 86.8 Å². The van der Waals surface area contributed by atoms with Crippen molar-refractivity contribution in [3.8, 4) is 0 Å². The molecule has 1 heterocycles. The Morgan fingerprint density at radius 3 is 2.27 bits per heavy atom. The SMILES string of the molecule is CC(C)CNC(=O)C(C)N(Cc1ccccc1Cl)C(=O)CCN1C(=O)[C@H]2CC=CC[C@H]2C1=O. The summed E-state index contributed by atoms with van der Waals surface area (Å²) in [5, 5.41) is 3.38. The van der Waals surface area contributed by atoms with Crippen molar-refractivity contribution in [3.63, 3.8) is 0 Å². The van der Waals surface area contributed by atoms with Gasteiger partial charge in [-0.3, -0.25) is 24.1 Å². The van der Waals surface area contributed by atoms with E-state index in [9.17, 15) is 19.2 Å². The van der Waals surface area contributed by atoms with Crippen molar-refractivity contribution in [2.45, 2.75) is 52.6 Å². The van der Waals surface area contributed by atoms with Crippen molar-refractivity contribution in [1.29, 1.82) is 0 Å². The van der Waals surface area contributed by atoms with Gasteiger partial charge in [0.05, 0.1) is 11.8 Å². The Hall–Kier alpha value is -2.67. The van der Waals surface area contributed by atoms with Crippen molar-refractivity contribution < 1.29 is 19.2 Å². The van der Waals surface area contributed by atoms with E-state index in [1.807, 2.05) is 38.1 Å². The molecule has 178 valence electrons. The van der Waals surface area contributed by atoms with Crippen LogP contribution in [-0.2, 0) is 25.7 Å². The zero-order valence-corrected chi connectivity index (χ0v) is 20.2. The van der Waals surface area contributed by atoms with E-state index in [4.69, 9.17) is 11.6 Å². The Labute approximate surface area is 200 Å². The minimum atomic E-state index is -0.732. The van der Waals surface area contributed by atoms with Gasteiger partial charge in [-0.25, -0.2) is 0 Å². The highest BCUT2D eigenvalue weighted by molar-refractivity contribution is 6.31. The first-order valence-electron chi connectivity index (χ1n) is 11.5. The fraction of sp³-hybridized carbons (Fsp3) is 0.520. The van der Waals surface area contributed by atoms with Crippen LogP contribution in [-0.4, -0.2) is 52.6 Å². The fourth-order valence-corrected chi connectivity index (χ4v) is 4.48. The summed E-state index contributed by atoms with van der Waals surface area (Å²) in [6.07, 6.45) is 4.95. The van der Waals surface area contributed by atoms with Gasteiger partial charge in [0.1, 0.15) is 6.04 Å². The number of carbonyl (C=O) groups is 4. The van der Waals surface area contributed by atoms with E-state index in [0.717, 1.165) is 5.56 Å². The maximum Gasteiger partial charge on any atom is 0.242 e. The van der Waals surface area contributed by atoms with Gasteiger partial charge in [-0.05, 0) is 37.3 Å². The maximum atomic E-state index is 13.3. The Bertz CT molecular complexity index is 919. The second-order valence-corrected chi connectivity index (χ2v) is 9.57. The molecule has 8 heteroatoms. The highest BCUT2D eigenvalue weighted by Crippen LogP contribution is 2.35. The number of benzene rings is 1. The Morgan fingerprint density at radius 1 is 1.09 bits per heavy atom. The molecule has 0 bridgehead atoms. The Kier molecular flexibility index (Phi) is 8.30. The second-order valence-electron chi connectivity index (χ2n) is 9.16. The molecule has 0 saturated carbocycles. The summed E-state index contributed by atoms with van der Waals surface area (Å²) in [4.78, 5) is 54.1. The molecule has 1 saturated heterocycles. The van der Waals surface area contributed by atoms with Gasteiger partial charge in [-0.1, -0.05) is 55.8 Å². The van der Waals surface area contributed by atoms with Crippen LogP contribution in [0.1, 0.15) is 45.6 Å². The first kappa shape index (κ1) is 25.0. The van der Waals surface area contributed by atoms with Gasteiger partial charge in [0.2, 0.25) is 23.6 Å². The van der Waals surface area contributed by atoms with E-state index < -0.39 is 6.04 Å². The van der Waals surface area contributed by atoms with Crippen LogP contribution in [0.2, 0.25) is 5.02 Å². The molecule has 1 unspecified atom stereocenters. The van der Waals surface area contributed by atoms with Crippen molar-refractivity contribution in [3.05, 3.63) is 47.0 Å². The number of amides is 4. The summed E-state index contributed by atoms with van der Waals surface area (Å²) < 4.78 is 0. The lowest BCUT2D eigenvalue weighted by molar-refractivity contribution is -0.143. The standard InChI is InChI=1S/C25H32ClN3O4/c1-16(2)14-27-23(31)17(3)29(15-18-8-4-7-11-21(18)26)22(30)12-13-28-24(32)19-9-5-6-10-20(19)25(28)33/h4-8,11,16-17,19-20H,9-10,12-15H2,1-3H3,(H,27,31)/t17?,19-,20+. The molecular formula is C25H32ClN3O4. The third-order valence-corrected chi connectivity index (χ3v) is 6.67. The monoisotopic (exact) mass is 473 g/mol. The molecule has 3 atom stereocenters. The van der Waals surface area contributed by atoms with Crippen LogP contribution in [0.4, 0.5) is 0 Å². The minimum Gasteiger partial charge on any atom is -0.354 e. The van der Waals surface area contributed by atoms with E-state index in [1.165, 1.54) is 9.80 Å². The van der Waals surface area contributed by atoms with E-state index >= 15 is 0 Å². The second kappa shape index (κ2) is 11.0.